The van der Waals surface area contributed by atoms with E-state index < -0.39 is 14.9 Å². The van der Waals surface area contributed by atoms with Crippen LogP contribution in [0, 0.1) is 17.0 Å². The standard InChI is InChI=1S/C21H19N3O4S/c1-16-7-13-20(14-8-16)29(27,28)23-22-21(18-5-3-2-4-6-18)15-17-9-11-19(12-10-17)24(25)26/h2-14,23H,15H2,1H3/b22-21+. The van der Waals surface area contributed by atoms with Crippen molar-refractivity contribution in [1.29, 1.82) is 0 Å². The second-order valence-corrected chi connectivity index (χ2v) is 8.09. The highest BCUT2D eigenvalue weighted by molar-refractivity contribution is 7.89. The Morgan fingerprint density at radius 3 is 2.17 bits per heavy atom. The van der Waals surface area contributed by atoms with E-state index in [1.54, 1.807) is 24.3 Å². The number of benzene rings is 3. The van der Waals surface area contributed by atoms with Crippen LogP contribution in [0.2, 0.25) is 0 Å². The third-order valence-corrected chi connectivity index (χ3v) is 5.48. The molecule has 29 heavy (non-hydrogen) atoms. The Bertz CT molecular complexity index is 1120. The summed E-state index contributed by atoms with van der Waals surface area (Å²) in [6, 6.07) is 21.7. The minimum absolute atomic E-state index is 0.00739. The second kappa shape index (κ2) is 8.66. The summed E-state index contributed by atoms with van der Waals surface area (Å²) in [5, 5.41) is 15.0. The normalized spacial score (nSPS) is 11.8. The van der Waals surface area contributed by atoms with Gasteiger partial charge in [-0.05, 0) is 30.2 Å². The highest BCUT2D eigenvalue weighted by atomic mass is 32.2. The third-order valence-electron chi connectivity index (χ3n) is 4.26. The molecule has 7 nitrogen and oxygen atoms in total. The van der Waals surface area contributed by atoms with E-state index >= 15 is 0 Å². The van der Waals surface area contributed by atoms with E-state index in [2.05, 4.69) is 9.93 Å². The van der Waals surface area contributed by atoms with Gasteiger partial charge < -0.3 is 0 Å². The quantitative estimate of drug-likeness (QED) is 0.364. The number of aryl methyl sites for hydroxylation is 1. The summed E-state index contributed by atoms with van der Waals surface area (Å²) < 4.78 is 25.1. The Morgan fingerprint density at radius 1 is 0.966 bits per heavy atom. The molecular weight excluding hydrogens is 390 g/mol. The molecule has 0 fully saturated rings. The van der Waals surface area contributed by atoms with Crippen LogP contribution in [0.15, 0.2) is 88.9 Å². The summed E-state index contributed by atoms with van der Waals surface area (Å²) in [5.74, 6) is 0. The largest absolute Gasteiger partial charge is 0.276 e. The minimum Gasteiger partial charge on any atom is -0.258 e. The number of nitro groups is 1. The molecule has 0 aliphatic heterocycles. The highest BCUT2D eigenvalue weighted by Crippen LogP contribution is 2.15. The first kappa shape index (κ1) is 20.2. The number of nitro benzene ring substituents is 1. The van der Waals surface area contributed by atoms with Crippen LogP contribution in [0.1, 0.15) is 16.7 Å². The van der Waals surface area contributed by atoms with E-state index in [1.807, 2.05) is 37.3 Å². The van der Waals surface area contributed by atoms with Crippen molar-refractivity contribution < 1.29 is 13.3 Å². The molecule has 0 aliphatic carbocycles. The average Bonchev–Trinajstić information content (AvgIpc) is 2.72. The van der Waals surface area contributed by atoms with Gasteiger partial charge in [-0.15, -0.1) is 0 Å². The summed E-state index contributed by atoms with van der Waals surface area (Å²) >= 11 is 0. The fourth-order valence-electron chi connectivity index (χ4n) is 2.65. The molecule has 3 rings (SSSR count). The molecule has 0 heterocycles. The van der Waals surface area contributed by atoms with Crippen LogP contribution < -0.4 is 4.83 Å². The van der Waals surface area contributed by atoms with Crippen molar-refractivity contribution in [2.24, 2.45) is 5.10 Å². The van der Waals surface area contributed by atoms with Gasteiger partial charge >= 0.3 is 0 Å². The Balaban J connectivity index is 1.89. The summed E-state index contributed by atoms with van der Waals surface area (Å²) in [6.45, 7) is 1.87. The number of hydrogen-bond donors (Lipinski definition) is 1. The zero-order chi connectivity index (χ0) is 20.9. The van der Waals surface area contributed by atoms with Gasteiger partial charge in [-0.3, -0.25) is 10.1 Å². The van der Waals surface area contributed by atoms with Gasteiger partial charge in [0.05, 0.1) is 15.5 Å². The van der Waals surface area contributed by atoms with Crippen molar-refractivity contribution in [1.82, 2.24) is 4.83 Å². The van der Waals surface area contributed by atoms with Crippen molar-refractivity contribution in [2.45, 2.75) is 18.2 Å². The van der Waals surface area contributed by atoms with Crippen LogP contribution in [0.5, 0.6) is 0 Å². The molecule has 3 aromatic carbocycles. The lowest BCUT2D eigenvalue weighted by Gasteiger charge is -2.09. The molecule has 0 spiro atoms. The molecule has 0 saturated heterocycles. The van der Waals surface area contributed by atoms with Crippen molar-refractivity contribution in [3.8, 4) is 0 Å². The third kappa shape index (κ3) is 5.26. The maximum atomic E-state index is 12.6. The second-order valence-electron chi connectivity index (χ2n) is 6.43. The molecule has 0 aliphatic rings. The van der Waals surface area contributed by atoms with E-state index in [4.69, 9.17) is 0 Å². The van der Waals surface area contributed by atoms with Gasteiger partial charge in [0.2, 0.25) is 0 Å². The zero-order valence-electron chi connectivity index (χ0n) is 15.6. The molecular formula is C21H19N3O4S. The fraction of sp³-hybridized carbons (Fsp3) is 0.0952. The molecule has 148 valence electrons. The Morgan fingerprint density at radius 2 is 1.59 bits per heavy atom. The van der Waals surface area contributed by atoms with E-state index in [1.165, 1.54) is 24.3 Å². The van der Waals surface area contributed by atoms with Crippen LogP contribution in [0.25, 0.3) is 0 Å². The van der Waals surface area contributed by atoms with E-state index in [0.29, 0.717) is 12.1 Å². The summed E-state index contributed by atoms with van der Waals surface area (Å²) in [4.78, 5) is 12.8. The molecule has 0 radical (unpaired) electrons. The monoisotopic (exact) mass is 409 g/mol. The first-order valence-electron chi connectivity index (χ1n) is 8.79. The molecule has 0 amide bonds. The van der Waals surface area contributed by atoms with Gasteiger partial charge in [0.25, 0.3) is 15.7 Å². The predicted molar refractivity (Wildman–Crippen MR) is 111 cm³/mol. The highest BCUT2D eigenvalue weighted by Gasteiger charge is 2.14. The molecule has 1 N–H and O–H groups in total. The molecule has 0 bridgehead atoms. The smallest absolute Gasteiger partial charge is 0.258 e. The Labute approximate surface area is 168 Å². The SMILES string of the molecule is Cc1ccc(S(=O)(=O)N/N=C(\Cc2ccc([N+](=O)[O-])cc2)c2ccccc2)cc1. The van der Waals surface area contributed by atoms with Gasteiger partial charge in [-0.25, -0.2) is 0 Å². The molecule has 0 aromatic heterocycles. The fourth-order valence-corrected chi connectivity index (χ4v) is 3.48. The maximum absolute atomic E-state index is 12.6. The first-order chi connectivity index (χ1) is 13.8. The van der Waals surface area contributed by atoms with Gasteiger partial charge in [-0.1, -0.05) is 60.2 Å². The summed E-state index contributed by atoms with van der Waals surface area (Å²) in [6.07, 6.45) is 0.304. The van der Waals surface area contributed by atoms with Crippen LogP contribution in [0.3, 0.4) is 0 Å². The van der Waals surface area contributed by atoms with Gasteiger partial charge in [0.15, 0.2) is 0 Å². The molecule has 8 heteroatoms. The lowest BCUT2D eigenvalue weighted by Crippen LogP contribution is -2.21. The number of nitrogens with one attached hydrogen (secondary N) is 1. The van der Waals surface area contributed by atoms with Crippen LogP contribution in [-0.4, -0.2) is 19.1 Å². The van der Waals surface area contributed by atoms with E-state index in [0.717, 1.165) is 16.7 Å². The number of nitrogens with zero attached hydrogens (tertiary/aromatic N) is 2. The number of hydrogen-bond acceptors (Lipinski definition) is 5. The number of hydrazone groups is 1. The van der Waals surface area contributed by atoms with Gasteiger partial charge in [0.1, 0.15) is 0 Å². The van der Waals surface area contributed by atoms with E-state index in [-0.39, 0.29) is 10.6 Å². The zero-order valence-corrected chi connectivity index (χ0v) is 16.5. The van der Waals surface area contributed by atoms with Crippen molar-refractivity contribution in [3.63, 3.8) is 0 Å². The Hall–Kier alpha value is -3.52. The van der Waals surface area contributed by atoms with Crippen molar-refractivity contribution in [2.75, 3.05) is 0 Å². The first-order valence-corrected chi connectivity index (χ1v) is 10.3. The molecule has 0 saturated carbocycles. The van der Waals surface area contributed by atoms with Crippen molar-refractivity contribution in [3.05, 3.63) is 106 Å². The topological polar surface area (TPSA) is 102 Å². The van der Waals surface area contributed by atoms with Crippen molar-refractivity contribution >= 4 is 21.4 Å². The molecule has 3 aromatic rings. The predicted octanol–water partition coefficient (Wildman–Crippen LogP) is 3.83. The van der Waals surface area contributed by atoms with Crippen LogP contribution in [-0.2, 0) is 16.4 Å². The average molecular weight is 409 g/mol. The number of non-ortho nitro benzene ring substituents is 1. The number of rotatable bonds is 7. The molecule has 0 atom stereocenters. The number of sulfonamides is 1. The Kier molecular flexibility index (Phi) is 6.04. The van der Waals surface area contributed by atoms with Gasteiger partial charge in [-0.2, -0.15) is 18.4 Å². The summed E-state index contributed by atoms with van der Waals surface area (Å²) in [7, 11) is -3.82. The minimum atomic E-state index is -3.82. The van der Waals surface area contributed by atoms with Crippen LogP contribution >= 0.6 is 0 Å². The molecule has 0 unspecified atom stereocenters. The lowest BCUT2D eigenvalue weighted by atomic mass is 10.0. The van der Waals surface area contributed by atoms with Gasteiger partial charge in [0, 0.05) is 18.6 Å². The van der Waals surface area contributed by atoms with E-state index in [9.17, 15) is 18.5 Å². The lowest BCUT2D eigenvalue weighted by molar-refractivity contribution is -0.384. The van der Waals surface area contributed by atoms with Crippen LogP contribution in [0.4, 0.5) is 5.69 Å². The maximum Gasteiger partial charge on any atom is 0.276 e. The summed E-state index contributed by atoms with van der Waals surface area (Å²) in [5.41, 5.74) is 2.96.